The predicted octanol–water partition coefficient (Wildman–Crippen LogP) is 3.59. The topological polar surface area (TPSA) is 61.8 Å². The van der Waals surface area contributed by atoms with Crippen LogP contribution in [0.3, 0.4) is 0 Å². The molecule has 5 nitrogen and oxygen atoms in total. The maximum Gasteiger partial charge on any atom is 0.308 e. The summed E-state index contributed by atoms with van der Waals surface area (Å²) in [7, 11) is 0. The number of rotatable bonds is 4. The van der Waals surface area contributed by atoms with Crippen LogP contribution in [0.2, 0.25) is 0 Å². The van der Waals surface area contributed by atoms with Gasteiger partial charge in [-0.25, -0.2) is 0 Å². The lowest BCUT2D eigenvalue weighted by atomic mass is 9.66. The van der Waals surface area contributed by atoms with Gasteiger partial charge in [-0.1, -0.05) is 29.8 Å². The third-order valence-electron chi connectivity index (χ3n) is 5.09. The van der Waals surface area contributed by atoms with Crippen LogP contribution < -0.4 is 4.74 Å². The minimum absolute atomic E-state index is 0.164. The Labute approximate surface area is 148 Å². The lowest BCUT2D eigenvalue weighted by Gasteiger charge is -2.47. The fraction of sp³-hybridized carbons (Fsp3) is 0.500. The fourth-order valence-corrected chi connectivity index (χ4v) is 3.77. The number of ether oxygens (including phenoxy) is 3. The molecule has 1 aromatic carbocycles. The molecule has 0 radical (unpaired) electrons. The average molecular weight is 344 g/mol. The Balaban J connectivity index is 1.87. The maximum absolute atomic E-state index is 11.4. The third kappa shape index (κ3) is 3.76. The van der Waals surface area contributed by atoms with Crippen molar-refractivity contribution in [3.8, 4) is 5.75 Å². The van der Waals surface area contributed by atoms with Crippen LogP contribution in [0.15, 0.2) is 35.9 Å². The number of benzene rings is 1. The molecule has 1 aliphatic heterocycles. The molecule has 0 amide bonds. The predicted molar refractivity (Wildman–Crippen MR) is 92.0 cm³/mol. The molecule has 134 valence electrons. The summed E-state index contributed by atoms with van der Waals surface area (Å²) in [5.41, 5.74) is 1.99. The lowest BCUT2D eigenvalue weighted by molar-refractivity contribution is -0.156. The molecule has 2 bridgehead atoms. The second-order valence-corrected chi connectivity index (χ2v) is 7.11. The highest BCUT2D eigenvalue weighted by atomic mass is 16.5. The molecular weight excluding hydrogens is 320 g/mol. The largest absolute Gasteiger partial charge is 0.465 e. The zero-order valence-electron chi connectivity index (χ0n) is 14.9. The third-order valence-corrected chi connectivity index (χ3v) is 5.09. The Morgan fingerprint density at radius 3 is 2.72 bits per heavy atom. The summed E-state index contributed by atoms with van der Waals surface area (Å²) < 4.78 is 16.9. The van der Waals surface area contributed by atoms with E-state index in [1.54, 1.807) is 6.07 Å². The minimum atomic E-state index is -0.344. The van der Waals surface area contributed by atoms with Gasteiger partial charge in [0.15, 0.2) is 0 Å². The van der Waals surface area contributed by atoms with Crippen LogP contribution >= 0.6 is 0 Å². The molecule has 0 saturated carbocycles. The minimum Gasteiger partial charge on any atom is -0.465 e. The molecule has 3 atom stereocenters. The van der Waals surface area contributed by atoms with Crippen LogP contribution in [0, 0.1) is 11.3 Å². The van der Waals surface area contributed by atoms with Crippen molar-refractivity contribution in [1.82, 2.24) is 0 Å². The molecule has 0 aromatic heterocycles. The van der Waals surface area contributed by atoms with Crippen molar-refractivity contribution in [2.24, 2.45) is 11.3 Å². The monoisotopic (exact) mass is 344 g/mol. The van der Waals surface area contributed by atoms with Crippen molar-refractivity contribution < 1.29 is 23.8 Å². The first-order valence-electron chi connectivity index (χ1n) is 8.59. The Morgan fingerprint density at radius 2 is 2.00 bits per heavy atom. The molecule has 1 aromatic rings. The summed E-state index contributed by atoms with van der Waals surface area (Å²) in [5.74, 6) is 0.114. The molecule has 2 aliphatic rings. The number of carbonyl (C=O) groups is 2. The van der Waals surface area contributed by atoms with E-state index in [1.807, 2.05) is 18.2 Å². The molecule has 1 fully saturated rings. The first-order chi connectivity index (χ1) is 11.9. The molecule has 5 heteroatoms. The molecular formula is C20H24O5. The standard InChI is InChI=1S/C20H24O5/c1-13-8-9-20(11-23-14(2)21)10-17(13)19(24-12-20)16-6-4-5-7-18(16)25-15(3)22/h4-8,17,19H,9-12H2,1-3H3/t17-,19-,20-/m0/s1. The van der Waals surface area contributed by atoms with Gasteiger partial charge < -0.3 is 14.2 Å². The first kappa shape index (κ1) is 17.7. The second-order valence-electron chi connectivity index (χ2n) is 7.11. The van der Waals surface area contributed by atoms with Crippen LogP contribution in [0.5, 0.6) is 5.75 Å². The molecule has 3 rings (SSSR count). The molecule has 1 saturated heterocycles. The van der Waals surface area contributed by atoms with Gasteiger partial charge in [0.05, 0.1) is 19.3 Å². The summed E-state index contributed by atoms with van der Waals surface area (Å²) in [5, 5.41) is 0. The van der Waals surface area contributed by atoms with Crippen molar-refractivity contribution in [2.45, 2.75) is 39.7 Å². The van der Waals surface area contributed by atoms with Gasteiger partial charge >= 0.3 is 11.9 Å². The van der Waals surface area contributed by atoms with E-state index < -0.39 is 0 Å². The average Bonchev–Trinajstić information content (AvgIpc) is 2.57. The quantitative estimate of drug-likeness (QED) is 0.474. The van der Waals surface area contributed by atoms with Gasteiger partial charge in [-0.05, 0) is 25.8 Å². The highest BCUT2D eigenvalue weighted by molar-refractivity contribution is 5.70. The number of hydrogen-bond donors (Lipinski definition) is 0. The normalized spacial score (nSPS) is 28.0. The van der Waals surface area contributed by atoms with E-state index >= 15 is 0 Å². The van der Waals surface area contributed by atoms with Gasteiger partial charge in [0.25, 0.3) is 0 Å². The Kier molecular flexibility index (Phi) is 4.95. The van der Waals surface area contributed by atoms with Gasteiger partial charge in [0.1, 0.15) is 5.75 Å². The molecule has 1 heterocycles. The summed E-state index contributed by atoms with van der Waals surface area (Å²) in [6.07, 6.45) is 3.79. The van der Waals surface area contributed by atoms with Gasteiger partial charge in [-0.15, -0.1) is 0 Å². The SMILES string of the molecule is CC(=O)OC[C@]12CC=C(C)[C@H](C1)[C@H](c1ccccc1OC(C)=O)OC2. The van der Waals surface area contributed by atoms with E-state index in [4.69, 9.17) is 14.2 Å². The van der Waals surface area contributed by atoms with E-state index in [1.165, 1.54) is 19.4 Å². The lowest BCUT2D eigenvalue weighted by Crippen LogP contribution is -2.44. The van der Waals surface area contributed by atoms with Gasteiger partial charge in [-0.3, -0.25) is 9.59 Å². The second kappa shape index (κ2) is 7.00. The van der Waals surface area contributed by atoms with Gasteiger partial charge in [-0.2, -0.15) is 0 Å². The molecule has 0 unspecified atom stereocenters. The van der Waals surface area contributed by atoms with Crippen molar-refractivity contribution in [2.75, 3.05) is 13.2 Å². The van der Waals surface area contributed by atoms with Crippen LogP contribution in [-0.2, 0) is 19.1 Å². The number of allylic oxidation sites excluding steroid dienone is 1. The number of para-hydroxylation sites is 1. The van der Waals surface area contributed by atoms with E-state index in [-0.39, 0.29) is 29.4 Å². The van der Waals surface area contributed by atoms with E-state index in [9.17, 15) is 9.59 Å². The van der Waals surface area contributed by atoms with Gasteiger partial charge in [0, 0.05) is 30.7 Å². The van der Waals surface area contributed by atoms with Crippen LogP contribution in [-0.4, -0.2) is 25.2 Å². The first-order valence-corrected chi connectivity index (χ1v) is 8.59. The zero-order valence-corrected chi connectivity index (χ0v) is 14.9. The van der Waals surface area contributed by atoms with Crippen molar-refractivity contribution >= 4 is 11.9 Å². The Bertz CT molecular complexity index is 708. The summed E-state index contributed by atoms with van der Waals surface area (Å²) in [6.45, 7) is 5.82. The van der Waals surface area contributed by atoms with E-state index in [0.717, 1.165) is 18.4 Å². The number of carbonyl (C=O) groups excluding carboxylic acids is 2. The van der Waals surface area contributed by atoms with E-state index in [0.29, 0.717) is 19.0 Å². The zero-order chi connectivity index (χ0) is 18.0. The summed E-state index contributed by atoms with van der Waals surface area (Å²) in [4.78, 5) is 22.6. The van der Waals surface area contributed by atoms with Crippen molar-refractivity contribution in [3.63, 3.8) is 0 Å². The van der Waals surface area contributed by atoms with Crippen molar-refractivity contribution in [1.29, 1.82) is 0 Å². The molecule has 1 aliphatic carbocycles. The molecule has 25 heavy (non-hydrogen) atoms. The van der Waals surface area contributed by atoms with Crippen molar-refractivity contribution in [3.05, 3.63) is 41.5 Å². The van der Waals surface area contributed by atoms with Gasteiger partial charge in [0.2, 0.25) is 0 Å². The number of fused-ring (bicyclic) bond motifs is 2. The van der Waals surface area contributed by atoms with Crippen LogP contribution in [0.4, 0.5) is 0 Å². The number of hydrogen-bond acceptors (Lipinski definition) is 5. The van der Waals surface area contributed by atoms with Crippen LogP contribution in [0.25, 0.3) is 0 Å². The Hall–Kier alpha value is -2.14. The Morgan fingerprint density at radius 1 is 1.24 bits per heavy atom. The highest BCUT2D eigenvalue weighted by Gasteiger charge is 2.46. The summed E-state index contributed by atoms with van der Waals surface area (Å²) in [6, 6.07) is 7.51. The smallest absolute Gasteiger partial charge is 0.308 e. The number of esters is 2. The molecule has 0 N–H and O–H groups in total. The van der Waals surface area contributed by atoms with Crippen LogP contribution in [0.1, 0.15) is 45.3 Å². The highest BCUT2D eigenvalue weighted by Crippen LogP contribution is 2.51. The molecule has 0 spiro atoms. The fourth-order valence-electron chi connectivity index (χ4n) is 3.77. The summed E-state index contributed by atoms with van der Waals surface area (Å²) >= 11 is 0. The van der Waals surface area contributed by atoms with E-state index in [2.05, 4.69) is 13.0 Å². The maximum atomic E-state index is 11.4.